The van der Waals surface area contributed by atoms with Crippen LogP contribution >= 0.6 is 11.3 Å². The van der Waals surface area contributed by atoms with Gasteiger partial charge in [0.1, 0.15) is 5.75 Å². The number of rotatable bonds is 5. The Morgan fingerprint density at radius 1 is 1.13 bits per heavy atom. The predicted molar refractivity (Wildman–Crippen MR) is 92.9 cm³/mol. The van der Waals surface area contributed by atoms with Gasteiger partial charge in [0.15, 0.2) is 11.7 Å². The highest BCUT2D eigenvalue weighted by Gasteiger charge is 2.09. The van der Waals surface area contributed by atoms with Crippen LogP contribution in [0.3, 0.4) is 0 Å². The van der Waals surface area contributed by atoms with E-state index < -0.39 is 0 Å². The van der Waals surface area contributed by atoms with E-state index in [-0.39, 0.29) is 12.5 Å². The zero-order chi connectivity index (χ0) is 16.1. The second-order valence-electron chi connectivity index (χ2n) is 4.98. The smallest absolute Gasteiger partial charge is 0.264 e. The molecule has 0 saturated heterocycles. The number of carbonyl (C=O) groups excluding carboxylic acids is 1. The maximum Gasteiger partial charge on any atom is 0.264 e. The molecule has 0 radical (unpaired) electrons. The summed E-state index contributed by atoms with van der Waals surface area (Å²) < 4.78 is 5.70. The summed E-state index contributed by atoms with van der Waals surface area (Å²) in [7, 11) is 0. The molecule has 23 heavy (non-hydrogen) atoms. The fourth-order valence-corrected chi connectivity index (χ4v) is 2.84. The van der Waals surface area contributed by atoms with Crippen LogP contribution in [-0.2, 0) is 4.79 Å². The van der Waals surface area contributed by atoms with Gasteiger partial charge in [0.05, 0.1) is 0 Å². The summed E-state index contributed by atoms with van der Waals surface area (Å²) in [6.07, 6.45) is 1.73. The first kappa shape index (κ1) is 15.2. The van der Waals surface area contributed by atoms with Crippen LogP contribution in [-0.4, -0.2) is 17.5 Å². The fraction of sp³-hybridized carbons (Fsp3) is 0.111. The van der Waals surface area contributed by atoms with Crippen LogP contribution in [0.15, 0.2) is 60.8 Å². The largest absolute Gasteiger partial charge is 0.483 e. The predicted octanol–water partition coefficient (Wildman–Crippen LogP) is 4.14. The molecule has 0 unspecified atom stereocenters. The SMILES string of the molecule is Cc1cnc(NC(=O)COc2ccccc2-c2ccccc2)s1. The third-order valence-corrected chi connectivity index (χ3v) is 4.03. The average molecular weight is 324 g/mol. The van der Waals surface area contributed by atoms with Crippen molar-refractivity contribution in [2.45, 2.75) is 6.92 Å². The quantitative estimate of drug-likeness (QED) is 0.767. The van der Waals surface area contributed by atoms with Gasteiger partial charge in [-0.05, 0) is 18.6 Å². The van der Waals surface area contributed by atoms with Gasteiger partial charge in [0, 0.05) is 16.6 Å². The van der Waals surface area contributed by atoms with Crippen LogP contribution in [0.5, 0.6) is 5.75 Å². The van der Waals surface area contributed by atoms with Crippen LogP contribution in [0.25, 0.3) is 11.1 Å². The molecule has 3 rings (SSSR count). The van der Waals surface area contributed by atoms with Gasteiger partial charge in [-0.1, -0.05) is 48.5 Å². The summed E-state index contributed by atoms with van der Waals surface area (Å²) in [5, 5.41) is 3.33. The Kier molecular flexibility index (Phi) is 4.68. The van der Waals surface area contributed by atoms with Gasteiger partial charge in [-0.15, -0.1) is 11.3 Å². The Morgan fingerprint density at radius 2 is 1.87 bits per heavy atom. The number of anilines is 1. The number of para-hydroxylation sites is 1. The van der Waals surface area contributed by atoms with E-state index in [1.165, 1.54) is 11.3 Å². The number of ether oxygens (including phenoxy) is 1. The third-order valence-electron chi connectivity index (χ3n) is 3.20. The number of aromatic nitrogens is 1. The molecule has 0 atom stereocenters. The molecular weight excluding hydrogens is 308 g/mol. The zero-order valence-electron chi connectivity index (χ0n) is 12.7. The number of amides is 1. The topological polar surface area (TPSA) is 51.2 Å². The highest BCUT2D eigenvalue weighted by Crippen LogP contribution is 2.29. The lowest BCUT2D eigenvalue weighted by atomic mass is 10.1. The minimum atomic E-state index is -0.220. The molecule has 0 aliphatic rings. The number of benzene rings is 2. The molecule has 0 fully saturated rings. The molecule has 3 aromatic rings. The number of thiazole rings is 1. The van der Waals surface area contributed by atoms with Crippen molar-refractivity contribution in [3.8, 4) is 16.9 Å². The van der Waals surface area contributed by atoms with Crippen molar-refractivity contribution in [2.75, 3.05) is 11.9 Å². The minimum absolute atomic E-state index is 0.0531. The normalized spacial score (nSPS) is 10.3. The Morgan fingerprint density at radius 3 is 2.61 bits per heavy atom. The maximum atomic E-state index is 12.0. The summed E-state index contributed by atoms with van der Waals surface area (Å²) in [4.78, 5) is 17.1. The van der Waals surface area contributed by atoms with E-state index >= 15 is 0 Å². The van der Waals surface area contributed by atoms with E-state index in [9.17, 15) is 4.79 Å². The highest BCUT2D eigenvalue weighted by molar-refractivity contribution is 7.15. The van der Waals surface area contributed by atoms with Gasteiger partial charge < -0.3 is 4.74 Å². The standard InChI is InChI=1S/C18H16N2O2S/c1-13-11-19-18(23-13)20-17(21)12-22-16-10-6-5-9-15(16)14-7-3-2-4-8-14/h2-11H,12H2,1H3,(H,19,20,21). The van der Waals surface area contributed by atoms with E-state index in [1.807, 2.05) is 61.5 Å². The van der Waals surface area contributed by atoms with E-state index in [1.54, 1.807) is 6.20 Å². The molecule has 5 heteroatoms. The van der Waals surface area contributed by atoms with E-state index in [4.69, 9.17) is 4.74 Å². The molecule has 1 heterocycles. The van der Waals surface area contributed by atoms with Crippen LogP contribution in [0.2, 0.25) is 0 Å². The van der Waals surface area contributed by atoms with Crippen molar-refractivity contribution in [1.29, 1.82) is 0 Å². The first-order valence-corrected chi connectivity index (χ1v) is 8.03. The van der Waals surface area contributed by atoms with Gasteiger partial charge >= 0.3 is 0 Å². The van der Waals surface area contributed by atoms with Crippen molar-refractivity contribution in [2.24, 2.45) is 0 Å². The zero-order valence-corrected chi connectivity index (χ0v) is 13.5. The number of hydrogen-bond acceptors (Lipinski definition) is 4. The van der Waals surface area contributed by atoms with Crippen molar-refractivity contribution < 1.29 is 9.53 Å². The average Bonchev–Trinajstić information content (AvgIpc) is 2.99. The van der Waals surface area contributed by atoms with Crippen LogP contribution in [0.4, 0.5) is 5.13 Å². The van der Waals surface area contributed by atoms with Crippen LogP contribution in [0, 0.1) is 6.92 Å². The Bertz CT molecular complexity index is 800. The maximum absolute atomic E-state index is 12.0. The van der Waals surface area contributed by atoms with Gasteiger partial charge in [-0.25, -0.2) is 4.98 Å². The first-order chi connectivity index (χ1) is 11.2. The summed E-state index contributed by atoms with van der Waals surface area (Å²) in [6.45, 7) is 1.89. The molecular formula is C18H16N2O2S. The molecule has 116 valence electrons. The molecule has 0 spiro atoms. The molecule has 0 aliphatic heterocycles. The molecule has 0 bridgehead atoms. The second kappa shape index (κ2) is 7.07. The Hall–Kier alpha value is -2.66. The van der Waals surface area contributed by atoms with E-state index in [2.05, 4.69) is 10.3 Å². The number of aryl methyl sites for hydroxylation is 1. The van der Waals surface area contributed by atoms with Crippen molar-refractivity contribution >= 4 is 22.4 Å². The summed E-state index contributed by atoms with van der Waals surface area (Å²) in [6, 6.07) is 17.6. The number of nitrogens with zero attached hydrogens (tertiary/aromatic N) is 1. The van der Waals surface area contributed by atoms with Crippen LogP contribution < -0.4 is 10.1 Å². The van der Waals surface area contributed by atoms with E-state index in [0.29, 0.717) is 10.9 Å². The molecule has 2 aromatic carbocycles. The van der Waals surface area contributed by atoms with Gasteiger partial charge in [-0.2, -0.15) is 0 Å². The summed E-state index contributed by atoms with van der Waals surface area (Å²) in [5.74, 6) is 0.464. The fourth-order valence-electron chi connectivity index (χ4n) is 2.16. The van der Waals surface area contributed by atoms with Crippen LogP contribution in [0.1, 0.15) is 4.88 Å². The Balaban J connectivity index is 1.68. The lowest BCUT2D eigenvalue weighted by Gasteiger charge is -2.11. The molecule has 0 aliphatic carbocycles. The molecule has 1 amide bonds. The van der Waals surface area contributed by atoms with Crippen molar-refractivity contribution in [1.82, 2.24) is 4.98 Å². The number of carbonyl (C=O) groups is 1. The summed E-state index contributed by atoms with van der Waals surface area (Å²) >= 11 is 1.44. The monoisotopic (exact) mass is 324 g/mol. The number of hydrogen-bond donors (Lipinski definition) is 1. The lowest BCUT2D eigenvalue weighted by Crippen LogP contribution is -2.20. The van der Waals surface area contributed by atoms with E-state index in [0.717, 1.165) is 16.0 Å². The molecule has 0 saturated carbocycles. The van der Waals surface area contributed by atoms with Gasteiger partial charge in [0.2, 0.25) is 0 Å². The lowest BCUT2D eigenvalue weighted by molar-refractivity contribution is -0.118. The number of nitrogens with one attached hydrogen (secondary N) is 1. The second-order valence-corrected chi connectivity index (χ2v) is 6.21. The van der Waals surface area contributed by atoms with Crippen molar-refractivity contribution in [3.63, 3.8) is 0 Å². The molecule has 1 aromatic heterocycles. The van der Waals surface area contributed by atoms with Gasteiger partial charge in [0.25, 0.3) is 5.91 Å². The van der Waals surface area contributed by atoms with Crippen molar-refractivity contribution in [3.05, 3.63) is 65.7 Å². The molecule has 1 N–H and O–H groups in total. The highest BCUT2D eigenvalue weighted by atomic mass is 32.1. The first-order valence-electron chi connectivity index (χ1n) is 7.22. The van der Waals surface area contributed by atoms with Gasteiger partial charge in [-0.3, -0.25) is 10.1 Å². The summed E-state index contributed by atoms with van der Waals surface area (Å²) in [5.41, 5.74) is 2.02. The Labute approximate surface area is 138 Å². The third kappa shape index (κ3) is 3.96. The minimum Gasteiger partial charge on any atom is -0.483 e. The molecule has 4 nitrogen and oxygen atoms in total.